The second-order valence-electron chi connectivity index (χ2n) is 6.41. The molecule has 4 rings (SSSR count). The van der Waals surface area contributed by atoms with Gasteiger partial charge in [-0.15, -0.1) is 11.3 Å². The van der Waals surface area contributed by atoms with E-state index in [1.165, 1.54) is 42.7 Å². The molecule has 0 aliphatic heterocycles. The van der Waals surface area contributed by atoms with E-state index in [1.54, 1.807) is 6.07 Å². The molecule has 2 heterocycles. The van der Waals surface area contributed by atoms with Gasteiger partial charge < -0.3 is 15.1 Å². The van der Waals surface area contributed by atoms with E-state index in [2.05, 4.69) is 10.6 Å². The van der Waals surface area contributed by atoms with Gasteiger partial charge in [-0.3, -0.25) is 9.59 Å². The van der Waals surface area contributed by atoms with Crippen LogP contribution in [0, 0.1) is 5.82 Å². The number of alkyl halides is 3. The van der Waals surface area contributed by atoms with E-state index < -0.39 is 35.1 Å². The summed E-state index contributed by atoms with van der Waals surface area (Å²) in [7, 11) is 0. The SMILES string of the molecule is O=C(Nc1ccc(NC(=O)c2cc3c(F)cccc3s2)c(C(F)(F)F)c1)c1ccco1. The largest absolute Gasteiger partial charge is 0.459 e. The molecule has 31 heavy (non-hydrogen) atoms. The maximum absolute atomic E-state index is 13.8. The molecule has 0 aliphatic carbocycles. The van der Waals surface area contributed by atoms with Crippen molar-refractivity contribution in [3.63, 3.8) is 0 Å². The third kappa shape index (κ3) is 4.29. The second-order valence-corrected chi connectivity index (χ2v) is 7.49. The molecule has 0 aliphatic rings. The van der Waals surface area contributed by atoms with Crippen LogP contribution in [-0.2, 0) is 6.18 Å². The first-order valence-corrected chi connectivity index (χ1v) is 9.59. The van der Waals surface area contributed by atoms with Crippen molar-refractivity contribution in [2.45, 2.75) is 6.18 Å². The lowest BCUT2D eigenvalue weighted by Gasteiger charge is -2.15. The minimum absolute atomic E-state index is 0.0587. The zero-order valence-corrected chi connectivity index (χ0v) is 16.2. The second kappa shape index (κ2) is 7.88. The Morgan fingerprint density at radius 1 is 0.935 bits per heavy atom. The Morgan fingerprint density at radius 3 is 2.42 bits per heavy atom. The van der Waals surface area contributed by atoms with Gasteiger partial charge in [-0.05, 0) is 48.5 Å². The number of benzene rings is 2. The highest BCUT2D eigenvalue weighted by Crippen LogP contribution is 2.37. The molecule has 2 amide bonds. The van der Waals surface area contributed by atoms with Crippen molar-refractivity contribution in [2.24, 2.45) is 0 Å². The van der Waals surface area contributed by atoms with Crippen LogP contribution >= 0.6 is 11.3 Å². The average Bonchev–Trinajstić information content (AvgIpc) is 3.39. The molecule has 2 aromatic carbocycles. The number of hydrogen-bond acceptors (Lipinski definition) is 4. The summed E-state index contributed by atoms with van der Waals surface area (Å²) in [6.45, 7) is 0. The first-order valence-electron chi connectivity index (χ1n) is 8.78. The van der Waals surface area contributed by atoms with E-state index in [4.69, 9.17) is 4.42 Å². The van der Waals surface area contributed by atoms with Gasteiger partial charge in [0, 0.05) is 15.8 Å². The molecule has 4 aromatic rings. The van der Waals surface area contributed by atoms with Crippen LogP contribution in [0.15, 0.2) is 65.3 Å². The van der Waals surface area contributed by atoms with Gasteiger partial charge in [0.15, 0.2) is 5.76 Å². The maximum Gasteiger partial charge on any atom is 0.418 e. The quantitative estimate of drug-likeness (QED) is 0.368. The molecule has 158 valence electrons. The summed E-state index contributed by atoms with van der Waals surface area (Å²) in [5.41, 5.74) is -1.77. The van der Waals surface area contributed by atoms with Gasteiger partial charge in [-0.1, -0.05) is 6.07 Å². The predicted octanol–water partition coefficient (Wildman–Crippen LogP) is 6.16. The number of amides is 2. The molecule has 0 fully saturated rings. The minimum Gasteiger partial charge on any atom is -0.459 e. The number of fused-ring (bicyclic) bond motifs is 1. The monoisotopic (exact) mass is 448 g/mol. The minimum atomic E-state index is -4.81. The zero-order valence-electron chi connectivity index (χ0n) is 15.4. The number of anilines is 2. The standard InChI is InChI=1S/C21H12F4N2O3S/c22-14-3-1-5-17-12(14)10-18(31-17)20(29)27-15-7-6-11(9-13(15)21(23,24)25)26-19(28)16-4-2-8-30-16/h1-10H,(H,26,28)(H,27,29). The molecule has 0 unspecified atom stereocenters. The molecule has 0 bridgehead atoms. The molecule has 2 N–H and O–H groups in total. The van der Waals surface area contributed by atoms with Gasteiger partial charge in [-0.25, -0.2) is 4.39 Å². The van der Waals surface area contributed by atoms with Gasteiger partial charge in [0.05, 0.1) is 22.4 Å². The summed E-state index contributed by atoms with van der Waals surface area (Å²) in [5, 5.41) is 4.74. The lowest BCUT2D eigenvalue weighted by molar-refractivity contribution is -0.136. The van der Waals surface area contributed by atoms with E-state index in [-0.39, 0.29) is 21.7 Å². The molecule has 0 atom stereocenters. The van der Waals surface area contributed by atoms with Crippen molar-refractivity contribution < 1.29 is 31.6 Å². The lowest BCUT2D eigenvalue weighted by Crippen LogP contribution is -2.17. The van der Waals surface area contributed by atoms with E-state index in [0.29, 0.717) is 10.8 Å². The van der Waals surface area contributed by atoms with Crippen molar-refractivity contribution in [2.75, 3.05) is 10.6 Å². The highest BCUT2D eigenvalue weighted by Gasteiger charge is 2.34. The van der Waals surface area contributed by atoms with Crippen LogP contribution in [0.1, 0.15) is 25.8 Å². The third-order valence-corrected chi connectivity index (χ3v) is 5.41. The molecule has 5 nitrogen and oxygen atoms in total. The number of furan rings is 1. The van der Waals surface area contributed by atoms with E-state index >= 15 is 0 Å². The van der Waals surface area contributed by atoms with Crippen molar-refractivity contribution >= 4 is 44.6 Å². The van der Waals surface area contributed by atoms with Crippen molar-refractivity contribution in [3.8, 4) is 0 Å². The zero-order chi connectivity index (χ0) is 22.2. The van der Waals surface area contributed by atoms with Crippen LogP contribution in [0.25, 0.3) is 10.1 Å². The number of thiophene rings is 1. The summed E-state index contributed by atoms with van der Waals surface area (Å²) in [6, 6.07) is 11.4. The summed E-state index contributed by atoms with van der Waals surface area (Å²) < 4.78 is 60.0. The topological polar surface area (TPSA) is 71.3 Å². The first-order chi connectivity index (χ1) is 14.7. The summed E-state index contributed by atoms with van der Waals surface area (Å²) >= 11 is 0.961. The van der Waals surface area contributed by atoms with E-state index in [0.717, 1.165) is 17.4 Å². The number of carbonyl (C=O) groups is 2. The third-order valence-electron chi connectivity index (χ3n) is 4.31. The summed E-state index contributed by atoms with van der Waals surface area (Å²) in [4.78, 5) is 24.6. The molecule has 10 heteroatoms. The van der Waals surface area contributed by atoms with Gasteiger partial charge in [0.2, 0.25) is 0 Å². The number of rotatable bonds is 4. The maximum atomic E-state index is 13.8. The number of nitrogens with one attached hydrogen (secondary N) is 2. The van der Waals surface area contributed by atoms with Crippen LogP contribution in [0.5, 0.6) is 0 Å². The fourth-order valence-corrected chi connectivity index (χ4v) is 3.86. The van der Waals surface area contributed by atoms with Gasteiger partial charge >= 0.3 is 6.18 Å². The van der Waals surface area contributed by atoms with Gasteiger partial charge in [0.1, 0.15) is 5.82 Å². The molecular formula is C21H12F4N2O3S. The first kappa shape index (κ1) is 20.6. The summed E-state index contributed by atoms with van der Waals surface area (Å²) in [6.07, 6.45) is -3.55. The number of hydrogen-bond donors (Lipinski definition) is 2. The molecule has 2 aromatic heterocycles. The number of carbonyl (C=O) groups excluding carboxylic acids is 2. The van der Waals surface area contributed by atoms with Crippen LogP contribution in [0.4, 0.5) is 28.9 Å². The van der Waals surface area contributed by atoms with E-state index in [1.807, 2.05) is 0 Å². The fraction of sp³-hybridized carbons (Fsp3) is 0.0476. The Bertz CT molecular complexity index is 1280. The normalized spacial score (nSPS) is 11.5. The Morgan fingerprint density at radius 2 is 1.74 bits per heavy atom. The Hall–Kier alpha value is -3.66. The Labute approximate surface area is 176 Å². The lowest BCUT2D eigenvalue weighted by atomic mass is 10.1. The van der Waals surface area contributed by atoms with Crippen LogP contribution in [-0.4, -0.2) is 11.8 Å². The van der Waals surface area contributed by atoms with Crippen molar-refractivity contribution in [1.82, 2.24) is 0 Å². The fourth-order valence-electron chi connectivity index (χ4n) is 2.89. The Balaban J connectivity index is 1.61. The molecular weight excluding hydrogens is 436 g/mol. The van der Waals surface area contributed by atoms with Gasteiger partial charge in [-0.2, -0.15) is 13.2 Å². The predicted molar refractivity (Wildman–Crippen MR) is 108 cm³/mol. The average molecular weight is 448 g/mol. The molecule has 0 radical (unpaired) electrons. The smallest absolute Gasteiger partial charge is 0.418 e. The molecule has 0 saturated heterocycles. The number of halogens is 4. The van der Waals surface area contributed by atoms with E-state index in [9.17, 15) is 27.2 Å². The van der Waals surface area contributed by atoms with Crippen LogP contribution < -0.4 is 10.6 Å². The Kier molecular flexibility index (Phi) is 5.24. The van der Waals surface area contributed by atoms with Crippen LogP contribution in [0.2, 0.25) is 0 Å². The van der Waals surface area contributed by atoms with Crippen molar-refractivity contribution in [1.29, 1.82) is 0 Å². The molecule has 0 spiro atoms. The van der Waals surface area contributed by atoms with Crippen LogP contribution in [0.3, 0.4) is 0 Å². The summed E-state index contributed by atoms with van der Waals surface area (Å²) in [5.74, 6) is -2.12. The molecule has 0 saturated carbocycles. The van der Waals surface area contributed by atoms with Gasteiger partial charge in [0.25, 0.3) is 11.8 Å². The highest BCUT2D eigenvalue weighted by atomic mass is 32.1. The highest BCUT2D eigenvalue weighted by molar-refractivity contribution is 7.20. The van der Waals surface area contributed by atoms with Crippen molar-refractivity contribution in [3.05, 3.63) is 82.9 Å².